The molecule has 3 nitrogen and oxygen atoms in total. The van der Waals surface area contributed by atoms with Crippen LogP contribution in [0.4, 0.5) is 5.69 Å². The van der Waals surface area contributed by atoms with E-state index in [1.165, 1.54) is 0 Å². The molecule has 5 heteroatoms. The molecule has 0 heterocycles. The van der Waals surface area contributed by atoms with Crippen molar-refractivity contribution in [3.05, 3.63) is 97.5 Å². The molecule has 1 amide bonds. The molecule has 3 aromatic rings. The van der Waals surface area contributed by atoms with Gasteiger partial charge in [-0.15, -0.1) is 0 Å². The molecule has 0 bridgehead atoms. The molecule has 0 spiro atoms. The second-order valence-electron chi connectivity index (χ2n) is 7.58. The molecule has 0 saturated heterocycles. The molecule has 1 N–H and O–H groups in total. The van der Waals surface area contributed by atoms with E-state index in [1.807, 2.05) is 58.0 Å². The van der Waals surface area contributed by atoms with Gasteiger partial charge in [-0.2, -0.15) is 0 Å². The van der Waals surface area contributed by atoms with Gasteiger partial charge in [-0.05, 0) is 85.8 Å². The van der Waals surface area contributed by atoms with Crippen LogP contribution in [0.1, 0.15) is 48.5 Å². The number of halogens is 2. The zero-order valence-electron chi connectivity index (χ0n) is 17.4. The summed E-state index contributed by atoms with van der Waals surface area (Å²) in [5, 5.41) is 4.12. The van der Waals surface area contributed by atoms with Gasteiger partial charge in [0.2, 0.25) is 0 Å². The van der Waals surface area contributed by atoms with Crippen molar-refractivity contribution in [3.8, 4) is 0 Å². The molecule has 0 radical (unpaired) electrons. The lowest BCUT2D eigenvalue weighted by Gasteiger charge is -2.13. The van der Waals surface area contributed by atoms with Crippen molar-refractivity contribution in [2.45, 2.75) is 34.1 Å². The first-order chi connectivity index (χ1) is 14.2. The number of anilines is 1. The van der Waals surface area contributed by atoms with Crippen molar-refractivity contribution in [2.24, 2.45) is 0 Å². The molecule has 0 aliphatic heterocycles. The lowest BCUT2D eigenvalue weighted by molar-refractivity contribution is 0.0988. The van der Waals surface area contributed by atoms with Crippen LogP contribution < -0.4 is 5.32 Å². The maximum Gasteiger partial charge on any atom is 0.255 e. The van der Waals surface area contributed by atoms with E-state index >= 15 is 0 Å². The molecule has 0 fully saturated rings. The van der Waals surface area contributed by atoms with E-state index in [2.05, 4.69) is 5.32 Å². The van der Waals surface area contributed by atoms with E-state index in [0.29, 0.717) is 26.9 Å². The molecule has 154 valence electrons. The van der Waals surface area contributed by atoms with Gasteiger partial charge in [-0.25, -0.2) is 0 Å². The SMILES string of the molecule is Cc1ccc(CC(=O)c2cc(C)c(C(=O)Nc3ccc(C)c(Cl)c3)cc2C)cc1Cl. The van der Waals surface area contributed by atoms with E-state index in [0.717, 1.165) is 27.8 Å². The first kappa shape index (κ1) is 22.1. The molecule has 3 aromatic carbocycles. The summed E-state index contributed by atoms with van der Waals surface area (Å²) >= 11 is 12.3. The second-order valence-corrected chi connectivity index (χ2v) is 8.40. The number of rotatable bonds is 5. The molecule has 0 aromatic heterocycles. The number of hydrogen-bond acceptors (Lipinski definition) is 2. The third-order valence-corrected chi connectivity index (χ3v) is 5.96. The summed E-state index contributed by atoms with van der Waals surface area (Å²) < 4.78 is 0. The Morgan fingerprint density at radius 1 is 0.733 bits per heavy atom. The van der Waals surface area contributed by atoms with Crippen LogP contribution in [0.25, 0.3) is 0 Å². The number of carbonyl (C=O) groups is 2. The van der Waals surface area contributed by atoms with E-state index in [4.69, 9.17) is 23.2 Å². The maximum atomic E-state index is 12.9. The Labute approximate surface area is 187 Å². The van der Waals surface area contributed by atoms with Gasteiger partial charge in [0.05, 0.1) is 0 Å². The van der Waals surface area contributed by atoms with Crippen molar-refractivity contribution in [1.82, 2.24) is 0 Å². The van der Waals surface area contributed by atoms with E-state index in [1.54, 1.807) is 18.2 Å². The predicted octanol–water partition coefficient (Wildman–Crippen LogP) is 6.90. The van der Waals surface area contributed by atoms with Gasteiger partial charge in [-0.3, -0.25) is 9.59 Å². The molecule has 0 unspecified atom stereocenters. The van der Waals surface area contributed by atoms with Crippen LogP contribution in [0.3, 0.4) is 0 Å². The largest absolute Gasteiger partial charge is 0.322 e. The summed E-state index contributed by atoms with van der Waals surface area (Å²) in [5.74, 6) is -0.243. The van der Waals surface area contributed by atoms with Crippen molar-refractivity contribution in [1.29, 1.82) is 0 Å². The quantitative estimate of drug-likeness (QED) is 0.439. The topological polar surface area (TPSA) is 46.2 Å². The first-order valence-electron chi connectivity index (χ1n) is 9.62. The lowest BCUT2D eigenvalue weighted by Crippen LogP contribution is -2.15. The fourth-order valence-electron chi connectivity index (χ4n) is 3.26. The highest BCUT2D eigenvalue weighted by Crippen LogP contribution is 2.23. The summed E-state index contributed by atoms with van der Waals surface area (Å²) in [6.07, 6.45) is 0.258. The van der Waals surface area contributed by atoms with Crippen LogP contribution in [0.5, 0.6) is 0 Å². The van der Waals surface area contributed by atoms with Crippen LogP contribution in [-0.4, -0.2) is 11.7 Å². The van der Waals surface area contributed by atoms with Gasteiger partial charge in [0, 0.05) is 33.3 Å². The molecule has 0 saturated carbocycles. The van der Waals surface area contributed by atoms with Crippen LogP contribution in [-0.2, 0) is 6.42 Å². The Kier molecular flexibility index (Phi) is 6.64. The van der Waals surface area contributed by atoms with Crippen molar-refractivity contribution >= 4 is 40.6 Å². The monoisotopic (exact) mass is 439 g/mol. The van der Waals surface area contributed by atoms with Crippen molar-refractivity contribution in [2.75, 3.05) is 5.32 Å². The summed E-state index contributed by atoms with van der Waals surface area (Å²) in [5.41, 5.74) is 6.05. The fraction of sp³-hybridized carbons (Fsp3) is 0.200. The number of carbonyl (C=O) groups excluding carboxylic acids is 2. The van der Waals surface area contributed by atoms with E-state index in [9.17, 15) is 9.59 Å². The minimum absolute atomic E-state index is 0.00667. The van der Waals surface area contributed by atoms with Gasteiger partial charge < -0.3 is 5.32 Å². The number of aryl methyl sites for hydroxylation is 4. The van der Waals surface area contributed by atoms with E-state index in [-0.39, 0.29) is 18.1 Å². The number of hydrogen-bond donors (Lipinski definition) is 1. The van der Waals surface area contributed by atoms with Gasteiger partial charge in [-0.1, -0.05) is 41.4 Å². The Balaban J connectivity index is 1.81. The van der Waals surface area contributed by atoms with Crippen LogP contribution in [0, 0.1) is 27.7 Å². The molecule has 0 atom stereocenters. The third kappa shape index (κ3) is 4.92. The molecule has 0 aliphatic carbocycles. The summed E-state index contributed by atoms with van der Waals surface area (Å²) in [6, 6.07) is 14.6. The summed E-state index contributed by atoms with van der Waals surface area (Å²) in [7, 11) is 0. The average Bonchev–Trinajstić information content (AvgIpc) is 2.69. The molecular formula is C25H23Cl2NO2. The Bertz CT molecular complexity index is 1060. The number of Topliss-reactive ketones (excluding diaryl/α,β-unsaturated/α-hetero) is 1. The Morgan fingerprint density at radius 2 is 1.30 bits per heavy atom. The van der Waals surface area contributed by atoms with Gasteiger partial charge in [0.25, 0.3) is 5.91 Å². The average molecular weight is 440 g/mol. The highest BCUT2D eigenvalue weighted by Gasteiger charge is 2.17. The Morgan fingerprint density at radius 3 is 1.93 bits per heavy atom. The highest BCUT2D eigenvalue weighted by atomic mass is 35.5. The zero-order chi connectivity index (χ0) is 22.0. The predicted molar refractivity (Wildman–Crippen MR) is 124 cm³/mol. The first-order valence-corrected chi connectivity index (χ1v) is 10.4. The van der Waals surface area contributed by atoms with Crippen LogP contribution in [0.2, 0.25) is 10.0 Å². The normalized spacial score (nSPS) is 10.7. The fourth-order valence-corrected chi connectivity index (χ4v) is 3.64. The standard InChI is InChI=1S/C25H23Cl2NO2/c1-14-5-7-18(11-22(14)26)12-24(29)20-9-17(4)21(10-16(20)3)25(30)28-19-8-6-15(2)23(27)13-19/h5-11,13H,12H2,1-4H3,(H,28,30). The second kappa shape index (κ2) is 9.03. The minimum Gasteiger partial charge on any atom is -0.322 e. The number of benzene rings is 3. The lowest BCUT2D eigenvalue weighted by atomic mass is 9.94. The van der Waals surface area contributed by atoms with Crippen molar-refractivity contribution in [3.63, 3.8) is 0 Å². The molecule has 3 rings (SSSR count). The Hall–Kier alpha value is -2.62. The number of nitrogens with one attached hydrogen (secondary N) is 1. The van der Waals surface area contributed by atoms with Gasteiger partial charge in [0.15, 0.2) is 5.78 Å². The smallest absolute Gasteiger partial charge is 0.255 e. The van der Waals surface area contributed by atoms with Crippen molar-refractivity contribution < 1.29 is 9.59 Å². The summed E-state index contributed by atoms with van der Waals surface area (Å²) in [6.45, 7) is 7.50. The zero-order valence-corrected chi connectivity index (χ0v) is 18.9. The highest BCUT2D eigenvalue weighted by molar-refractivity contribution is 6.32. The third-order valence-electron chi connectivity index (χ3n) is 5.15. The van der Waals surface area contributed by atoms with Gasteiger partial charge >= 0.3 is 0 Å². The van der Waals surface area contributed by atoms with Gasteiger partial charge in [0.1, 0.15) is 0 Å². The molecular weight excluding hydrogens is 417 g/mol. The molecule has 30 heavy (non-hydrogen) atoms. The summed E-state index contributed by atoms with van der Waals surface area (Å²) in [4.78, 5) is 25.6. The number of amides is 1. The van der Waals surface area contributed by atoms with Crippen LogP contribution >= 0.6 is 23.2 Å². The minimum atomic E-state index is -0.236. The maximum absolute atomic E-state index is 12.9. The molecule has 0 aliphatic rings. The van der Waals surface area contributed by atoms with Crippen LogP contribution in [0.15, 0.2) is 48.5 Å². The van der Waals surface area contributed by atoms with E-state index < -0.39 is 0 Å². The number of ketones is 1.